The highest BCUT2D eigenvalue weighted by molar-refractivity contribution is 5.78. The lowest BCUT2D eigenvalue weighted by Gasteiger charge is -2.48. The summed E-state index contributed by atoms with van der Waals surface area (Å²) in [7, 11) is 4.05. The lowest BCUT2D eigenvalue weighted by atomic mass is 9.82. The molecule has 1 saturated carbocycles. The minimum Gasteiger partial charge on any atom is -0.397 e. The summed E-state index contributed by atoms with van der Waals surface area (Å²) in [5.41, 5.74) is 10.6. The second kappa shape index (κ2) is 7.70. The van der Waals surface area contributed by atoms with Gasteiger partial charge < -0.3 is 35.4 Å². The number of anilines is 2. The molecule has 0 aromatic heterocycles. The largest absolute Gasteiger partial charge is 0.397 e. The van der Waals surface area contributed by atoms with Gasteiger partial charge in [-0.1, -0.05) is 6.92 Å². The van der Waals surface area contributed by atoms with Crippen molar-refractivity contribution < 1.29 is 14.6 Å². The predicted octanol–water partition coefficient (Wildman–Crippen LogP) is 1.57. The van der Waals surface area contributed by atoms with Gasteiger partial charge in [0.2, 0.25) is 0 Å². The summed E-state index contributed by atoms with van der Waals surface area (Å²) in [6, 6.07) is 6.33. The molecule has 29 heavy (non-hydrogen) atoms. The topological polar surface area (TPSA) is 83.2 Å². The Morgan fingerprint density at radius 2 is 2.00 bits per heavy atom. The van der Waals surface area contributed by atoms with Crippen molar-refractivity contribution in [3.05, 3.63) is 30.0 Å². The number of aliphatic hydroxyl groups excluding tert-OH is 1. The van der Waals surface area contributed by atoms with E-state index in [1.807, 2.05) is 20.3 Å². The van der Waals surface area contributed by atoms with Crippen molar-refractivity contribution in [3.63, 3.8) is 0 Å². The van der Waals surface area contributed by atoms with Crippen molar-refractivity contribution in [2.45, 2.75) is 26.1 Å². The predicted molar refractivity (Wildman–Crippen MR) is 116 cm³/mol. The summed E-state index contributed by atoms with van der Waals surface area (Å²) in [6.07, 6.45) is 4.07. The van der Waals surface area contributed by atoms with Gasteiger partial charge in [0.1, 0.15) is 0 Å². The number of aliphatic hydroxyl groups is 1. The SMILES string of the molecule is CN(C)c1cc(N2CC(C)(CO)C2)ccc1/C(N)=C/NCC1OCC2(CC2)CO1. The molecule has 7 heteroatoms. The molecule has 2 saturated heterocycles. The number of nitrogens with zero attached hydrogens (tertiary/aromatic N) is 2. The van der Waals surface area contributed by atoms with Crippen LogP contribution in [0, 0.1) is 10.8 Å². The molecule has 0 atom stereocenters. The fourth-order valence-electron chi connectivity index (χ4n) is 4.04. The highest BCUT2D eigenvalue weighted by Gasteiger charge is 2.46. The summed E-state index contributed by atoms with van der Waals surface area (Å²) >= 11 is 0. The first kappa shape index (κ1) is 20.3. The van der Waals surface area contributed by atoms with Gasteiger partial charge in [-0.2, -0.15) is 0 Å². The minimum atomic E-state index is -0.215. The third-order valence-corrected chi connectivity index (χ3v) is 6.32. The Bertz CT molecular complexity index is 759. The first-order valence-corrected chi connectivity index (χ1v) is 10.4. The van der Waals surface area contributed by atoms with E-state index in [0.29, 0.717) is 17.7 Å². The van der Waals surface area contributed by atoms with E-state index < -0.39 is 0 Å². The fraction of sp³-hybridized carbons (Fsp3) is 0.636. The number of benzene rings is 1. The van der Waals surface area contributed by atoms with Crippen molar-refractivity contribution in [2.75, 3.05) is 63.4 Å². The van der Waals surface area contributed by atoms with Crippen LogP contribution < -0.4 is 20.9 Å². The van der Waals surface area contributed by atoms with Crippen molar-refractivity contribution in [1.29, 1.82) is 0 Å². The van der Waals surface area contributed by atoms with Crippen molar-refractivity contribution in [2.24, 2.45) is 16.6 Å². The zero-order chi connectivity index (χ0) is 20.6. The summed E-state index contributed by atoms with van der Waals surface area (Å²) in [4.78, 5) is 4.36. The molecule has 0 amide bonds. The molecule has 7 nitrogen and oxygen atoms in total. The number of nitrogens with two attached hydrogens (primary N) is 1. The normalized spacial score (nSPS) is 23.0. The van der Waals surface area contributed by atoms with Gasteiger partial charge in [0.05, 0.1) is 32.1 Å². The van der Waals surface area contributed by atoms with Gasteiger partial charge in [-0.05, 0) is 31.0 Å². The van der Waals surface area contributed by atoms with Crippen LogP contribution in [0.2, 0.25) is 0 Å². The molecule has 0 bridgehead atoms. The minimum absolute atomic E-state index is 0.00220. The van der Waals surface area contributed by atoms with Gasteiger partial charge in [-0.3, -0.25) is 0 Å². The van der Waals surface area contributed by atoms with E-state index in [2.05, 4.69) is 40.2 Å². The maximum Gasteiger partial charge on any atom is 0.174 e. The molecule has 1 aromatic carbocycles. The summed E-state index contributed by atoms with van der Waals surface area (Å²) in [5, 5.41) is 12.7. The van der Waals surface area contributed by atoms with Crippen molar-refractivity contribution >= 4 is 17.1 Å². The van der Waals surface area contributed by atoms with Gasteiger partial charge in [0.25, 0.3) is 0 Å². The number of rotatable bonds is 7. The molecule has 3 fully saturated rings. The van der Waals surface area contributed by atoms with Crippen LogP contribution in [0.15, 0.2) is 24.4 Å². The molecule has 2 aliphatic heterocycles. The van der Waals surface area contributed by atoms with E-state index in [9.17, 15) is 5.11 Å². The van der Waals surface area contributed by atoms with Crippen LogP contribution in [-0.4, -0.2) is 64.9 Å². The van der Waals surface area contributed by atoms with Crippen LogP contribution >= 0.6 is 0 Å². The van der Waals surface area contributed by atoms with Gasteiger partial charge in [0, 0.05) is 61.2 Å². The smallest absolute Gasteiger partial charge is 0.174 e. The first-order valence-electron chi connectivity index (χ1n) is 10.4. The Balaban J connectivity index is 1.38. The third kappa shape index (κ3) is 4.32. The van der Waals surface area contributed by atoms with Crippen molar-refractivity contribution in [3.8, 4) is 0 Å². The van der Waals surface area contributed by atoms with E-state index in [1.54, 1.807) is 0 Å². The average molecular weight is 403 g/mol. The molecular weight excluding hydrogens is 368 g/mol. The van der Waals surface area contributed by atoms with Gasteiger partial charge in [0.15, 0.2) is 6.29 Å². The average Bonchev–Trinajstić information content (AvgIpc) is 3.45. The van der Waals surface area contributed by atoms with E-state index in [-0.39, 0.29) is 18.3 Å². The highest BCUT2D eigenvalue weighted by Crippen LogP contribution is 2.48. The molecule has 0 radical (unpaired) electrons. The Morgan fingerprint density at radius 1 is 1.31 bits per heavy atom. The molecule has 1 aliphatic carbocycles. The second-order valence-corrected chi connectivity index (χ2v) is 9.48. The van der Waals surface area contributed by atoms with Crippen LogP contribution in [0.3, 0.4) is 0 Å². The lowest BCUT2D eigenvalue weighted by Crippen LogP contribution is -2.56. The maximum atomic E-state index is 9.49. The van der Waals surface area contributed by atoms with E-state index >= 15 is 0 Å². The van der Waals surface area contributed by atoms with Gasteiger partial charge >= 0.3 is 0 Å². The Hall–Kier alpha value is -1.96. The van der Waals surface area contributed by atoms with E-state index in [4.69, 9.17) is 15.2 Å². The van der Waals surface area contributed by atoms with Gasteiger partial charge in [-0.15, -0.1) is 0 Å². The summed E-state index contributed by atoms with van der Waals surface area (Å²) in [6.45, 7) is 6.25. The molecular formula is C22H34N4O3. The molecule has 1 aromatic rings. The quantitative estimate of drug-likeness (QED) is 0.639. The zero-order valence-electron chi connectivity index (χ0n) is 17.8. The van der Waals surface area contributed by atoms with Crippen LogP contribution in [0.5, 0.6) is 0 Å². The summed E-state index contributed by atoms with van der Waals surface area (Å²) in [5.74, 6) is 0. The van der Waals surface area contributed by atoms with E-state index in [1.165, 1.54) is 12.8 Å². The monoisotopic (exact) mass is 402 g/mol. The Kier molecular flexibility index (Phi) is 5.40. The highest BCUT2D eigenvalue weighted by atomic mass is 16.7. The van der Waals surface area contributed by atoms with Gasteiger partial charge in [-0.25, -0.2) is 0 Å². The number of hydrogen-bond donors (Lipinski definition) is 3. The summed E-state index contributed by atoms with van der Waals surface area (Å²) < 4.78 is 11.6. The van der Waals surface area contributed by atoms with Crippen molar-refractivity contribution in [1.82, 2.24) is 5.32 Å². The molecule has 4 rings (SSSR count). The number of hydrogen-bond acceptors (Lipinski definition) is 7. The second-order valence-electron chi connectivity index (χ2n) is 9.48. The molecule has 4 N–H and O–H groups in total. The molecule has 160 valence electrons. The molecule has 0 unspecified atom stereocenters. The van der Waals surface area contributed by atoms with Crippen LogP contribution in [0.25, 0.3) is 5.70 Å². The Labute approximate surface area is 173 Å². The molecule has 1 spiro atoms. The fourth-order valence-corrected chi connectivity index (χ4v) is 4.04. The maximum absolute atomic E-state index is 9.49. The standard InChI is InChI=1S/C22H34N4O3/c1-21(13-27)11-26(12-21)16-4-5-17(19(8-16)25(2)3)18(23)9-24-10-20-28-14-22(6-7-22)15-29-20/h4-5,8-9,20,24,27H,6-7,10-15,23H2,1-3H3/b18-9-. The third-order valence-electron chi connectivity index (χ3n) is 6.32. The number of nitrogens with one attached hydrogen (secondary N) is 1. The first-order chi connectivity index (χ1) is 13.8. The molecule has 2 heterocycles. The Morgan fingerprint density at radius 3 is 2.59 bits per heavy atom. The molecule has 3 aliphatic rings. The lowest BCUT2D eigenvalue weighted by molar-refractivity contribution is -0.203. The van der Waals surface area contributed by atoms with E-state index in [0.717, 1.165) is 43.2 Å². The number of ether oxygens (including phenoxy) is 2. The van der Waals surface area contributed by atoms with Crippen LogP contribution in [-0.2, 0) is 9.47 Å². The van der Waals surface area contributed by atoms with Crippen LogP contribution in [0.1, 0.15) is 25.3 Å². The zero-order valence-corrected chi connectivity index (χ0v) is 17.8. The van der Waals surface area contributed by atoms with Crippen LogP contribution in [0.4, 0.5) is 11.4 Å².